The highest BCUT2D eigenvalue weighted by molar-refractivity contribution is 5.89. The molecule has 33 heavy (non-hydrogen) atoms. The van der Waals surface area contributed by atoms with Crippen LogP contribution in [-0.2, 0) is 14.3 Å². The van der Waals surface area contributed by atoms with E-state index in [4.69, 9.17) is 9.47 Å². The average molecular weight is 463 g/mol. The number of fused-ring (bicyclic) bond motifs is 7. The summed E-state index contributed by atoms with van der Waals surface area (Å²) in [7, 11) is 0. The fourth-order valence-corrected chi connectivity index (χ4v) is 10.1. The number of carbonyl (C=O) groups excluding carboxylic acids is 1. The van der Waals surface area contributed by atoms with Crippen molar-refractivity contribution in [1.82, 2.24) is 0 Å². The maximum absolute atomic E-state index is 13.4. The molecule has 0 aromatic carbocycles. The van der Waals surface area contributed by atoms with Crippen LogP contribution >= 0.6 is 0 Å². The van der Waals surface area contributed by atoms with Crippen molar-refractivity contribution in [3.63, 3.8) is 0 Å². The first-order valence-electron chi connectivity index (χ1n) is 13.4. The van der Waals surface area contributed by atoms with E-state index < -0.39 is 29.0 Å². The lowest BCUT2D eigenvalue weighted by Crippen LogP contribution is -2.69. The van der Waals surface area contributed by atoms with Crippen molar-refractivity contribution in [2.45, 2.75) is 109 Å². The molecule has 0 unspecified atom stereocenters. The molecule has 4 saturated carbocycles. The summed E-state index contributed by atoms with van der Waals surface area (Å²) in [4.78, 5) is 13.4. The molecular formula is C27H42O6. The van der Waals surface area contributed by atoms with Crippen molar-refractivity contribution in [1.29, 1.82) is 0 Å². The number of ether oxygens (including phenoxy) is 2. The topological polar surface area (TPSA) is 96.2 Å². The number of hydrogen-bond acceptors (Lipinski definition) is 6. The second-order valence-electron chi connectivity index (χ2n) is 13.3. The summed E-state index contributed by atoms with van der Waals surface area (Å²) in [5.74, 6) is 1.53. The predicted molar refractivity (Wildman–Crippen MR) is 121 cm³/mol. The molecule has 1 spiro atoms. The molecule has 0 aromatic heterocycles. The first-order chi connectivity index (χ1) is 15.5. The van der Waals surface area contributed by atoms with E-state index in [1.54, 1.807) is 0 Å². The molecule has 2 aliphatic heterocycles. The van der Waals surface area contributed by atoms with Gasteiger partial charge in [0, 0.05) is 30.6 Å². The molecule has 13 atom stereocenters. The van der Waals surface area contributed by atoms with Gasteiger partial charge in [-0.15, -0.1) is 0 Å². The molecule has 0 bridgehead atoms. The number of ketones is 1. The molecule has 4 aliphatic carbocycles. The fourth-order valence-electron chi connectivity index (χ4n) is 10.1. The van der Waals surface area contributed by atoms with Crippen LogP contribution in [0.4, 0.5) is 0 Å². The Kier molecular flexibility index (Phi) is 4.88. The monoisotopic (exact) mass is 462 g/mol. The molecule has 186 valence electrons. The summed E-state index contributed by atoms with van der Waals surface area (Å²) >= 11 is 0. The average Bonchev–Trinajstić information content (AvgIpc) is 3.19. The van der Waals surface area contributed by atoms with E-state index in [1.165, 1.54) is 0 Å². The third kappa shape index (κ3) is 2.76. The quantitative estimate of drug-likeness (QED) is 0.512. The second-order valence-corrected chi connectivity index (χ2v) is 13.3. The van der Waals surface area contributed by atoms with E-state index in [-0.39, 0.29) is 42.0 Å². The Bertz CT molecular complexity index is 836. The molecule has 2 heterocycles. The van der Waals surface area contributed by atoms with Crippen molar-refractivity contribution in [2.75, 3.05) is 6.61 Å². The summed E-state index contributed by atoms with van der Waals surface area (Å²) in [5, 5.41) is 32.4. The van der Waals surface area contributed by atoms with Crippen LogP contribution in [0.3, 0.4) is 0 Å². The Morgan fingerprint density at radius 3 is 2.42 bits per heavy atom. The van der Waals surface area contributed by atoms with Crippen LogP contribution in [0.2, 0.25) is 0 Å². The summed E-state index contributed by atoms with van der Waals surface area (Å²) < 4.78 is 13.2. The zero-order chi connectivity index (χ0) is 23.6. The van der Waals surface area contributed by atoms with Gasteiger partial charge in [0.15, 0.2) is 11.6 Å². The van der Waals surface area contributed by atoms with Gasteiger partial charge >= 0.3 is 0 Å². The van der Waals surface area contributed by atoms with Crippen LogP contribution in [0.15, 0.2) is 0 Å². The molecule has 6 fully saturated rings. The van der Waals surface area contributed by atoms with Crippen LogP contribution in [0, 0.1) is 46.3 Å². The van der Waals surface area contributed by atoms with Gasteiger partial charge < -0.3 is 24.8 Å². The lowest BCUT2D eigenvalue weighted by Gasteiger charge is -2.63. The lowest BCUT2D eigenvalue weighted by molar-refractivity contribution is -0.274. The Balaban J connectivity index is 1.31. The standard InChI is InChI=1S/C27H42O6/c1-14-5-8-27(32-13-14)15(2)23-21(33-27)10-18-16-9-22(30)26(31)12-20(29)19(28)11-25(26,4)17(16)6-7-24(18,23)3/h14-21,23,28-29,31H,5-13H2,1-4H3/t14-,15+,16-,17+,18+,19-,20-,21+,23+,24+,25-,26-,27-/m1/s1. The van der Waals surface area contributed by atoms with Gasteiger partial charge in [-0.2, -0.15) is 0 Å². The van der Waals surface area contributed by atoms with Crippen molar-refractivity contribution >= 4 is 5.78 Å². The predicted octanol–water partition coefficient (Wildman–Crippen LogP) is 3.06. The van der Waals surface area contributed by atoms with Crippen molar-refractivity contribution < 1.29 is 29.6 Å². The SMILES string of the molecule is C[C@@H]1CC[C@@]2(OC1)O[C@H]1C[C@H]3[C@@H]4CC(=O)[C@]5(O)C[C@@H](O)[C@H](O)C[C@]5(C)[C@H]4CC[C@]3(C)[C@H]1[C@@H]2C. The fraction of sp³-hybridized carbons (Fsp3) is 0.963. The highest BCUT2D eigenvalue weighted by atomic mass is 16.7. The maximum Gasteiger partial charge on any atom is 0.171 e. The number of hydrogen-bond donors (Lipinski definition) is 3. The highest BCUT2D eigenvalue weighted by Crippen LogP contribution is 2.71. The third-order valence-corrected chi connectivity index (χ3v) is 11.9. The normalized spacial score (nSPS) is 62.5. The van der Waals surface area contributed by atoms with E-state index in [0.29, 0.717) is 30.1 Å². The van der Waals surface area contributed by atoms with Crippen molar-refractivity contribution in [3.05, 3.63) is 0 Å². The van der Waals surface area contributed by atoms with E-state index in [9.17, 15) is 20.1 Å². The van der Waals surface area contributed by atoms with Gasteiger partial charge in [-0.05, 0) is 67.1 Å². The molecular weight excluding hydrogens is 420 g/mol. The zero-order valence-corrected chi connectivity index (χ0v) is 20.6. The van der Waals surface area contributed by atoms with Crippen LogP contribution in [-0.4, -0.2) is 57.4 Å². The molecule has 6 aliphatic rings. The zero-order valence-electron chi connectivity index (χ0n) is 20.6. The van der Waals surface area contributed by atoms with Gasteiger partial charge in [-0.3, -0.25) is 4.79 Å². The Labute approximate surface area is 197 Å². The number of aliphatic hydroxyl groups excluding tert-OH is 2. The Morgan fingerprint density at radius 2 is 1.73 bits per heavy atom. The molecule has 6 heteroatoms. The van der Waals surface area contributed by atoms with Crippen molar-refractivity contribution in [3.8, 4) is 0 Å². The first kappa shape index (κ1) is 22.9. The van der Waals surface area contributed by atoms with E-state index >= 15 is 0 Å². The van der Waals surface area contributed by atoms with Crippen LogP contribution in [0.5, 0.6) is 0 Å². The Hall–Kier alpha value is -0.530. The minimum absolute atomic E-state index is 0.0433. The molecule has 2 saturated heterocycles. The molecule has 0 amide bonds. The second kappa shape index (κ2) is 7.03. The molecule has 6 rings (SSSR count). The number of aliphatic hydroxyl groups is 3. The largest absolute Gasteiger partial charge is 0.390 e. The summed E-state index contributed by atoms with van der Waals surface area (Å²) in [5.41, 5.74) is -2.13. The first-order valence-corrected chi connectivity index (χ1v) is 13.4. The Morgan fingerprint density at radius 1 is 1.00 bits per heavy atom. The van der Waals surface area contributed by atoms with E-state index in [2.05, 4.69) is 20.8 Å². The van der Waals surface area contributed by atoms with Crippen molar-refractivity contribution in [2.24, 2.45) is 46.3 Å². The minimum Gasteiger partial charge on any atom is -0.390 e. The van der Waals surface area contributed by atoms with E-state index in [1.807, 2.05) is 6.92 Å². The summed E-state index contributed by atoms with van der Waals surface area (Å²) in [6, 6.07) is 0. The molecule has 6 nitrogen and oxygen atoms in total. The maximum atomic E-state index is 13.4. The number of carbonyl (C=O) groups is 1. The number of Topliss-reactive ketones (excluding diaryl/α,β-unsaturated/α-hetero) is 1. The lowest BCUT2D eigenvalue weighted by atomic mass is 9.42. The minimum atomic E-state index is -1.53. The molecule has 0 radical (unpaired) electrons. The van der Waals surface area contributed by atoms with Crippen LogP contribution in [0.1, 0.15) is 79.1 Å². The van der Waals surface area contributed by atoms with Gasteiger partial charge in [0.05, 0.1) is 24.9 Å². The smallest absolute Gasteiger partial charge is 0.171 e. The number of rotatable bonds is 0. The third-order valence-electron chi connectivity index (χ3n) is 11.9. The van der Waals surface area contributed by atoms with Crippen LogP contribution < -0.4 is 0 Å². The van der Waals surface area contributed by atoms with Gasteiger partial charge in [-0.25, -0.2) is 0 Å². The van der Waals surface area contributed by atoms with Crippen LogP contribution in [0.25, 0.3) is 0 Å². The molecule has 3 N–H and O–H groups in total. The summed E-state index contributed by atoms with van der Waals surface area (Å²) in [6.07, 6.45) is 3.96. The highest BCUT2D eigenvalue weighted by Gasteiger charge is 2.72. The van der Waals surface area contributed by atoms with Gasteiger partial charge in [0.1, 0.15) is 5.60 Å². The summed E-state index contributed by atoms with van der Waals surface area (Å²) in [6.45, 7) is 9.77. The van der Waals surface area contributed by atoms with E-state index in [0.717, 1.165) is 38.7 Å². The van der Waals surface area contributed by atoms with Gasteiger partial charge in [0.25, 0.3) is 0 Å². The van der Waals surface area contributed by atoms with Gasteiger partial charge in [0.2, 0.25) is 0 Å². The van der Waals surface area contributed by atoms with Gasteiger partial charge in [-0.1, -0.05) is 27.7 Å². The molecule has 0 aromatic rings.